The smallest absolute Gasteiger partial charge is 0.302 e. The molecule has 4 nitrogen and oxygen atoms in total. The van der Waals surface area contributed by atoms with Crippen molar-refractivity contribution in [3.8, 4) is 0 Å². The van der Waals surface area contributed by atoms with Crippen LogP contribution in [0.1, 0.15) is 72.3 Å². The highest BCUT2D eigenvalue weighted by atomic mass is 16.5. The number of esters is 1. The van der Waals surface area contributed by atoms with Gasteiger partial charge in [0.1, 0.15) is 6.10 Å². The van der Waals surface area contributed by atoms with Gasteiger partial charge in [0.2, 0.25) is 0 Å². The van der Waals surface area contributed by atoms with Crippen LogP contribution in [0.3, 0.4) is 0 Å². The van der Waals surface area contributed by atoms with Gasteiger partial charge in [-0.15, -0.1) is 0 Å². The van der Waals surface area contributed by atoms with Crippen LogP contribution in [0.25, 0.3) is 0 Å². The summed E-state index contributed by atoms with van der Waals surface area (Å²) in [5.74, 6) is 0.0295. The monoisotopic (exact) mass is 362 g/mol. The molecule has 2 fully saturated rings. The molecule has 2 aliphatic rings. The standard InChI is InChI=1S/C22H34O4/c1-15-13-18(26-16(2)23)19-20(3,4)9-6-10-21(19,5)22(15,24)11-7-17-8-12-25-14-17/h8,12,14-15,18-19,24H,6-7,9-11,13H2,1-5H3/t15?,18-,19?,21+,22?/m1/s1. The Labute approximate surface area is 157 Å². The molecule has 0 saturated heterocycles. The average Bonchev–Trinajstić information content (AvgIpc) is 3.03. The van der Waals surface area contributed by atoms with Gasteiger partial charge in [0.25, 0.3) is 0 Å². The number of rotatable bonds is 4. The molecule has 146 valence electrons. The molecule has 1 N–H and O–H groups in total. The van der Waals surface area contributed by atoms with Crippen molar-refractivity contribution in [2.24, 2.45) is 22.7 Å². The van der Waals surface area contributed by atoms with E-state index in [1.807, 2.05) is 6.07 Å². The predicted octanol–water partition coefficient (Wildman–Crippen LogP) is 4.75. The van der Waals surface area contributed by atoms with E-state index in [1.165, 1.54) is 6.92 Å². The molecular formula is C22H34O4. The van der Waals surface area contributed by atoms with Gasteiger partial charge < -0.3 is 14.3 Å². The molecule has 1 aromatic rings. The molecular weight excluding hydrogens is 328 g/mol. The molecule has 0 bridgehead atoms. The first kappa shape index (κ1) is 19.5. The summed E-state index contributed by atoms with van der Waals surface area (Å²) in [6.45, 7) is 10.4. The second kappa shape index (κ2) is 6.70. The summed E-state index contributed by atoms with van der Waals surface area (Å²) in [4.78, 5) is 11.8. The van der Waals surface area contributed by atoms with Crippen molar-refractivity contribution in [2.45, 2.75) is 84.8 Å². The normalized spacial score (nSPS) is 39.2. The summed E-state index contributed by atoms with van der Waals surface area (Å²) in [6, 6.07) is 1.98. The maximum atomic E-state index is 12.0. The van der Waals surface area contributed by atoms with E-state index < -0.39 is 5.60 Å². The fraction of sp³-hybridized carbons (Fsp3) is 0.773. The number of fused-ring (bicyclic) bond motifs is 1. The van der Waals surface area contributed by atoms with E-state index in [0.717, 1.165) is 37.7 Å². The van der Waals surface area contributed by atoms with Crippen LogP contribution in [0.2, 0.25) is 0 Å². The lowest BCUT2D eigenvalue weighted by molar-refractivity contribution is -0.249. The molecule has 2 aliphatic carbocycles. The molecule has 0 spiro atoms. The van der Waals surface area contributed by atoms with Gasteiger partial charge in [-0.2, -0.15) is 0 Å². The van der Waals surface area contributed by atoms with Gasteiger partial charge in [0, 0.05) is 18.3 Å². The first-order chi connectivity index (χ1) is 12.1. The van der Waals surface area contributed by atoms with Crippen molar-refractivity contribution in [2.75, 3.05) is 0 Å². The maximum absolute atomic E-state index is 12.0. The third kappa shape index (κ3) is 3.11. The number of hydrogen-bond acceptors (Lipinski definition) is 4. The molecule has 2 saturated carbocycles. The van der Waals surface area contributed by atoms with E-state index in [2.05, 4.69) is 27.7 Å². The summed E-state index contributed by atoms with van der Waals surface area (Å²) < 4.78 is 11.0. The zero-order chi connectivity index (χ0) is 19.2. The van der Waals surface area contributed by atoms with Gasteiger partial charge >= 0.3 is 5.97 Å². The Hall–Kier alpha value is -1.29. The van der Waals surface area contributed by atoms with E-state index in [4.69, 9.17) is 9.15 Å². The molecule has 3 rings (SSSR count). The second-order valence-corrected chi connectivity index (χ2v) is 9.58. The lowest BCUT2D eigenvalue weighted by Gasteiger charge is -2.64. The summed E-state index contributed by atoms with van der Waals surface area (Å²) >= 11 is 0. The molecule has 0 amide bonds. The summed E-state index contributed by atoms with van der Waals surface area (Å²) in [5, 5.41) is 12.0. The Morgan fingerprint density at radius 2 is 2.08 bits per heavy atom. The van der Waals surface area contributed by atoms with Crippen LogP contribution in [0.5, 0.6) is 0 Å². The Bertz CT molecular complexity index is 635. The molecule has 0 radical (unpaired) electrons. The van der Waals surface area contributed by atoms with E-state index >= 15 is 0 Å². The number of carbonyl (C=O) groups is 1. The summed E-state index contributed by atoms with van der Waals surface area (Å²) in [7, 11) is 0. The summed E-state index contributed by atoms with van der Waals surface area (Å²) in [6.07, 6.45) is 8.78. The van der Waals surface area contributed by atoms with Gasteiger partial charge in [-0.1, -0.05) is 34.1 Å². The molecule has 0 aromatic carbocycles. The molecule has 4 heteroatoms. The fourth-order valence-corrected chi connectivity index (χ4v) is 6.36. The van der Waals surface area contributed by atoms with E-state index in [-0.39, 0.29) is 34.7 Å². The SMILES string of the molecule is CC(=O)O[C@@H]1CC(C)C(O)(CCc2ccoc2)[C@@]2(C)CCCC(C)(C)C12. The fourth-order valence-electron chi connectivity index (χ4n) is 6.36. The molecule has 0 aliphatic heterocycles. The third-order valence-electron chi connectivity index (χ3n) is 7.50. The van der Waals surface area contributed by atoms with Crippen molar-refractivity contribution in [1.82, 2.24) is 0 Å². The van der Waals surface area contributed by atoms with Gasteiger partial charge in [-0.3, -0.25) is 4.79 Å². The van der Waals surface area contributed by atoms with Crippen molar-refractivity contribution in [3.63, 3.8) is 0 Å². The van der Waals surface area contributed by atoms with E-state index in [1.54, 1.807) is 12.5 Å². The predicted molar refractivity (Wildman–Crippen MR) is 101 cm³/mol. The van der Waals surface area contributed by atoms with Crippen LogP contribution >= 0.6 is 0 Å². The lowest BCUT2D eigenvalue weighted by atomic mass is 9.43. The number of aryl methyl sites for hydroxylation is 1. The van der Waals surface area contributed by atoms with Crippen molar-refractivity contribution in [1.29, 1.82) is 0 Å². The van der Waals surface area contributed by atoms with Crippen molar-refractivity contribution >= 4 is 5.97 Å². The molecule has 5 atom stereocenters. The van der Waals surface area contributed by atoms with Crippen molar-refractivity contribution < 1.29 is 19.1 Å². The van der Waals surface area contributed by atoms with Gasteiger partial charge in [0.15, 0.2) is 0 Å². The van der Waals surface area contributed by atoms with Crippen LogP contribution in [0.15, 0.2) is 23.0 Å². The summed E-state index contributed by atoms with van der Waals surface area (Å²) in [5.41, 5.74) is 0.124. The molecule has 1 heterocycles. The maximum Gasteiger partial charge on any atom is 0.302 e. The minimum absolute atomic E-state index is 0.0386. The highest BCUT2D eigenvalue weighted by Gasteiger charge is 2.64. The Morgan fingerprint density at radius 1 is 1.35 bits per heavy atom. The number of furan rings is 1. The van der Waals surface area contributed by atoms with Crippen LogP contribution in [0.4, 0.5) is 0 Å². The van der Waals surface area contributed by atoms with Crippen LogP contribution < -0.4 is 0 Å². The van der Waals surface area contributed by atoms with Crippen molar-refractivity contribution in [3.05, 3.63) is 24.2 Å². The first-order valence-corrected chi connectivity index (χ1v) is 10.0. The number of hydrogen-bond donors (Lipinski definition) is 1. The highest BCUT2D eigenvalue weighted by molar-refractivity contribution is 5.66. The molecule has 3 unspecified atom stereocenters. The van der Waals surface area contributed by atoms with Gasteiger partial charge in [-0.05, 0) is 55.1 Å². The topological polar surface area (TPSA) is 59.7 Å². The Balaban J connectivity index is 1.96. The van der Waals surface area contributed by atoms with Crippen LogP contribution in [-0.4, -0.2) is 22.8 Å². The van der Waals surface area contributed by atoms with Gasteiger partial charge in [0.05, 0.1) is 18.1 Å². The van der Waals surface area contributed by atoms with E-state index in [0.29, 0.717) is 6.42 Å². The lowest BCUT2D eigenvalue weighted by Crippen LogP contribution is -2.66. The number of ether oxygens (including phenoxy) is 1. The zero-order valence-corrected chi connectivity index (χ0v) is 16.9. The molecule has 26 heavy (non-hydrogen) atoms. The Kier molecular flexibility index (Phi) is 5.02. The van der Waals surface area contributed by atoms with Crippen LogP contribution in [0, 0.1) is 22.7 Å². The molecule has 1 aromatic heterocycles. The number of aliphatic hydroxyl groups is 1. The zero-order valence-electron chi connectivity index (χ0n) is 16.9. The minimum Gasteiger partial charge on any atom is -0.472 e. The highest BCUT2D eigenvalue weighted by Crippen LogP contribution is 2.64. The van der Waals surface area contributed by atoms with E-state index in [9.17, 15) is 9.90 Å². The number of carbonyl (C=O) groups excluding carboxylic acids is 1. The van der Waals surface area contributed by atoms with Gasteiger partial charge in [-0.25, -0.2) is 0 Å². The minimum atomic E-state index is -0.775. The van der Waals surface area contributed by atoms with Crippen LogP contribution in [-0.2, 0) is 16.0 Å². The largest absolute Gasteiger partial charge is 0.472 e. The average molecular weight is 363 g/mol. The quantitative estimate of drug-likeness (QED) is 0.786. The third-order valence-corrected chi connectivity index (χ3v) is 7.50. The Morgan fingerprint density at radius 3 is 2.69 bits per heavy atom. The first-order valence-electron chi connectivity index (χ1n) is 10.0. The second-order valence-electron chi connectivity index (χ2n) is 9.58.